The topological polar surface area (TPSA) is 26.3 Å². The van der Waals surface area contributed by atoms with Gasteiger partial charge in [-0.15, -0.1) is 0 Å². The Bertz CT molecular complexity index is 295. The van der Waals surface area contributed by atoms with Gasteiger partial charge < -0.3 is 8.83 Å². The Morgan fingerprint density at radius 1 is 1.20 bits per heavy atom. The number of halogens is 1. The van der Waals surface area contributed by atoms with Gasteiger partial charge in [0.25, 0.3) is 6.01 Å². The lowest BCUT2D eigenvalue weighted by atomic mass is 10.5. The monoisotopic (exact) mass is 140 g/mol. The summed E-state index contributed by atoms with van der Waals surface area (Å²) in [5.74, 6) is 0.730. The summed E-state index contributed by atoms with van der Waals surface area (Å²) in [6, 6.07) is 2.27. The highest BCUT2D eigenvalue weighted by Gasteiger charge is 2.06. The Labute approximate surface area is 56.2 Å². The van der Waals surface area contributed by atoms with Crippen LogP contribution in [0.4, 0.5) is 4.39 Å². The normalized spacial score (nSPS) is 11.0. The van der Waals surface area contributed by atoms with Gasteiger partial charge in [-0.05, 0) is 6.92 Å². The fourth-order valence-corrected chi connectivity index (χ4v) is 0.927. The van der Waals surface area contributed by atoms with E-state index in [1.54, 1.807) is 13.0 Å². The predicted molar refractivity (Wildman–Crippen MR) is 33.2 cm³/mol. The minimum atomic E-state index is -0.603. The van der Waals surface area contributed by atoms with E-state index >= 15 is 0 Å². The predicted octanol–water partition coefficient (Wildman–Crippen LogP) is 2.47. The van der Waals surface area contributed by atoms with Crippen LogP contribution in [0.25, 0.3) is 11.2 Å². The van der Waals surface area contributed by atoms with Crippen molar-refractivity contribution in [2.45, 2.75) is 6.92 Å². The van der Waals surface area contributed by atoms with E-state index in [2.05, 4.69) is 4.42 Å². The smallest absolute Gasteiger partial charge is 0.282 e. The molecule has 0 N–H and O–H groups in total. The molecule has 0 aromatic carbocycles. The van der Waals surface area contributed by atoms with Crippen molar-refractivity contribution in [1.29, 1.82) is 0 Å². The maximum atomic E-state index is 12.3. The Hall–Kier alpha value is -1.25. The summed E-state index contributed by atoms with van der Waals surface area (Å²) in [5.41, 5.74) is 0.935. The van der Waals surface area contributed by atoms with Crippen LogP contribution in [0.15, 0.2) is 21.0 Å². The first-order valence-electron chi connectivity index (χ1n) is 2.91. The zero-order valence-corrected chi connectivity index (χ0v) is 5.35. The molecule has 0 aliphatic heterocycles. The maximum absolute atomic E-state index is 12.3. The SMILES string of the molecule is Cc1cc2oc(F)cc2o1. The number of hydrogen-bond acceptors (Lipinski definition) is 2. The van der Waals surface area contributed by atoms with Gasteiger partial charge in [-0.3, -0.25) is 0 Å². The number of rotatable bonds is 0. The van der Waals surface area contributed by atoms with E-state index < -0.39 is 6.01 Å². The third kappa shape index (κ3) is 0.635. The van der Waals surface area contributed by atoms with Gasteiger partial charge in [0.1, 0.15) is 5.76 Å². The molecule has 10 heavy (non-hydrogen) atoms. The second-order valence-corrected chi connectivity index (χ2v) is 2.14. The summed E-state index contributed by atoms with van der Waals surface area (Å²) in [7, 11) is 0. The second kappa shape index (κ2) is 1.62. The van der Waals surface area contributed by atoms with E-state index in [4.69, 9.17) is 4.42 Å². The fraction of sp³-hybridized carbons (Fsp3) is 0.143. The largest absolute Gasteiger partial charge is 0.458 e. The zero-order valence-electron chi connectivity index (χ0n) is 5.35. The molecular weight excluding hydrogens is 135 g/mol. The Balaban J connectivity index is 2.83. The summed E-state index contributed by atoms with van der Waals surface area (Å²) in [6.45, 7) is 1.79. The summed E-state index contributed by atoms with van der Waals surface area (Å²) in [5, 5.41) is 0. The summed E-state index contributed by atoms with van der Waals surface area (Å²) in [6.07, 6.45) is 0. The van der Waals surface area contributed by atoms with Gasteiger partial charge in [0, 0.05) is 6.07 Å². The van der Waals surface area contributed by atoms with E-state index in [1.165, 1.54) is 6.07 Å². The van der Waals surface area contributed by atoms with Gasteiger partial charge in [0.05, 0.1) is 6.07 Å². The average Bonchev–Trinajstić information content (AvgIpc) is 2.21. The highest BCUT2D eigenvalue weighted by Crippen LogP contribution is 2.21. The van der Waals surface area contributed by atoms with E-state index in [1.807, 2.05) is 0 Å². The van der Waals surface area contributed by atoms with Gasteiger partial charge in [0.15, 0.2) is 11.2 Å². The van der Waals surface area contributed by atoms with E-state index in [-0.39, 0.29) is 0 Å². The molecule has 52 valence electrons. The third-order valence-corrected chi connectivity index (χ3v) is 1.30. The Kier molecular flexibility index (Phi) is 0.897. The molecule has 2 heterocycles. The molecule has 0 spiro atoms. The highest BCUT2D eigenvalue weighted by molar-refractivity contribution is 5.71. The first kappa shape index (κ1) is 5.53. The van der Waals surface area contributed by atoms with Crippen molar-refractivity contribution in [3.8, 4) is 0 Å². The molecule has 0 fully saturated rings. The number of hydrogen-bond donors (Lipinski definition) is 0. The average molecular weight is 140 g/mol. The van der Waals surface area contributed by atoms with Crippen LogP contribution >= 0.6 is 0 Å². The van der Waals surface area contributed by atoms with Gasteiger partial charge in [-0.1, -0.05) is 0 Å². The standard InChI is InChI=1S/C7H5FO2/c1-4-2-5-6(9-4)3-7(8)10-5/h2-3H,1H3. The van der Waals surface area contributed by atoms with Crippen molar-refractivity contribution in [3.63, 3.8) is 0 Å². The van der Waals surface area contributed by atoms with E-state index in [0.717, 1.165) is 5.76 Å². The van der Waals surface area contributed by atoms with Crippen molar-refractivity contribution < 1.29 is 13.2 Å². The van der Waals surface area contributed by atoms with Crippen LogP contribution in [-0.2, 0) is 0 Å². The van der Waals surface area contributed by atoms with Crippen LogP contribution in [0, 0.1) is 12.9 Å². The molecule has 2 nitrogen and oxygen atoms in total. The molecule has 2 rings (SSSR count). The molecule has 2 aromatic rings. The number of fused-ring (bicyclic) bond motifs is 1. The van der Waals surface area contributed by atoms with Gasteiger partial charge >= 0.3 is 0 Å². The van der Waals surface area contributed by atoms with Crippen molar-refractivity contribution in [1.82, 2.24) is 0 Å². The molecule has 0 unspecified atom stereocenters. The molecule has 3 heteroatoms. The summed E-state index contributed by atoms with van der Waals surface area (Å²) >= 11 is 0. The minimum Gasteiger partial charge on any atom is -0.458 e. The third-order valence-electron chi connectivity index (χ3n) is 1.30. The summed E-state index contributed by atoms with van der Waals surface area (Å²) < 4.78 is 21.9. The molecule has 0 aliphatic carbocycles. The van der Waals surface area contributed by atoms with Gasteiger partial charge in [-0.25, -0.2) is 0 Å². The van der Waals surface area contributed by atoms with E-state index in [9.17, 15) is 4.39 Å². The van der Waals surface area contributed by atoms with Gasteiger partial charge in [0.2, 0.25) is 0 Å². The second-order valence-electron chi connectivity index (χ2n) is 2.14. The van der Waals surface area contributed by atoms with Crippen molar-refractivity contribution >= 4 is 11.2 Å². The number of aryl methyl sites for hydroxylation is 1. The molecule has 0 bridgehead atoms. The van der Waals surface area contributed by atoms with Crippen LogP contribution in [0.5, 0.6) is 0 Å². The zero-order chi connectivity index (χ0) is 7.14. The lowest BCUT2D eigenvalue weighted by molar-refractivity contribution is 0.381. The maximum Gasteiger partial charge on any atom is 0.282 e. The molecule has 2 aromatic heterocycles. The first-order chi connectivity index (χ1) is 4.75. The first-order valence-corrected chi connectivity index (χ1v) is 2.91. The van der Waals surface area contributed by atoms with Crippen LogP contribution in [0.3, 0.4) is 0 Å². The molecule has 0 saturated carbocycles. The van der Waals surface area contributed by atoms with Crippen LogP contribution in [0.1, 0.15) is 5.76 Å². The van der Waals surface area contributed by atoms with Crippen molar-refractivity contribution in [2.75, 3.05) is 0 Å². The quantitative estimate of drug-likeness (QED) is 0.561. The number of furan rings is 2. The van der Waals surface area contributed by atoms with Crippen LogP contribution in [0.2, 0.25) is 0 Å². The summed E-state index contributed by atoms with van der Waals surface area (Å²) in [4.78, 5) is 0. The minimum absolute atomic E-state index is 0.468. The lowest BCUT2D eigenvalue weighted by Gasteiger charge is -1.74. The molecule has 0 amide bonds. The fourth-order valence-electron chi connectivity index (χ4n) is 0.927. The Morgan fingerprint density at radius 3 is 2.60 bits per heavy atom. The molecule has 0 radical (unpaired) electrons. The van der Waals surface area contributed by atoms with Crippen LogP contribution in [-0.4, -0.2) is 0 Å². The van der Waals surface area contributed by atoms with Crippen molar-refractivity contribution in [3.05, 3.63) is 23.9 Å². The highest BCUT2D eigenvalue weighted by atomic mass is 19.1. The molecule has 0 saturated heterocycles. The molecule has 0 atom stereocenters. The Morgan fingerprint density at radius 2 is 1.90 bits per heavy atom. The van der Waals surface area contributed by atoms with Crippen molar-refractivity contribution in [2.24, 2.45) is 0 Å². The molecular formula is C7H5FO2. The van der Waals surface area contributed by atoms with Gasteiger partial charge in [-0.2, -0.15) is 4.39 Å². The molecule has 0 aliphatic rings. The lowest BCUT2D eigenvalue weighted by Crippen LogP contribution is -1.57. The van der Waals surface area contributed by atoms with E-state index in [0.29, 0.717) is 11.2 Å². The van der Waals surface area contributed by atoms with Crippen LogP contribution < -0.4 is 0 Å².